The number of hydrogen-bond donors (Lipinski definition) is 1. The summed E-state index contributed by atoms with van der Waals surface area (Å²) in [6.45, 7) is 0.779. The number of thiophene rings is 1. The Kier molecular flexibility index (Phi) is 3.09. The molecule has 0 saturated heterocycles. The Morgan fingerprint density at radius 1 is 1.05 bits per heavy atom. The lowest BCUT2D eigenvalue weighted by Crippen LogP contribution is -2.40. The minimum atomic E-state index is -0.155. The number of fused-ring (bicyclic) bond motifs is 3. The summed E-state index contributed by atoms with van der Waals surface area (Å²) < 4.78 is 1.30. The van der Waals surface area contributed by atoms with E-state index in [1.807, 2.05) is 29.5 Å². The molecule has 21 heavy (non-hydrogen) atoms. The highest BCUT2D eigenvalue weighted by molar-refractivity contribution is 7.19. The van der Waals surface area contributed by atoms with Crippen LogP contribution in [0.25, 0.3) is 10.1 Å². The van der Waals surface area contributed by atoms with Crippen LogP contribution in [0.5, 0.6) is 0 Å². The van der Waals surface area contributed by atoms with E-state index in [2.05, 4.69) is 41.7 Å². The van der Waals surface area contributed by atoms with E-state index in [0.29, 0.717) is 0 Å². The molecule has 1 N–H and O–H groups in total. The van der Waals surface area contributed by atoms with Crippen LogP contribution in [0.4, 0.5) is 0 Å². The third-order valence-corrected chi connectivity index (χ3v) is 5.37. The first kappa shape index (κ1) is 12.7. The second-order valence-corrected chi connectivity index (χ2v) is 6.50. The van der Waals surface area contributed by atoms with Crippen molar-refractivity contribution in [2.75, 3.05) is 0 Å². The minimum Gasteiger partial charge on any atom is -0.302 e. The first-order valence-corrected chi connectivity index (χ1v) is 7.94. The summed E-state index contributed by atoms with van der Waals surface area (Å²) in [7, 11) is 0. The summed E-state index contributed by atoms with van der Waals surface area (Å²) in [6.07, 6.45) is 1.05. The number of benzene rings is 2. The maximum absolute atomic E-state index is 11.6. The molecule has 4 rings (SSSR count). The smallest absolute Gasteiger partial charge is 0.137 e. The molecule has 0 saturated carbocycles. The molecule has 104 valence electrons. The minimum absolute atomic E-state index is 0.101. The number of rotatable bonds is 2. The number of nitrogens with one attached hydrogen (secondary N) is 1. The van der Waals surface area contributed by atoms with Crippen LogP contribution in [0.15, 0.2) is 54.6 Å². The average molecular weight is 293 g/mol. The van der Waals surface area contributed by atoms with Crippen LogP contribution in [-0.4, -0.2) is 12.3 Å². The van der Waals surface area contributed by atoms with Gasteiger partial charge in [0.1, 0.15) is 6.29 Å². The van der Waals surface area contributed by atoms with Gasteiger partial charge in [-0.3, -0.25) is 0 Å². The Bertz CT molecular complexity index is 793. The molecule has 0 aliphatic carbocycles. The van der Waals surface area contributed by atoms with E-state index in [-0.39, 0.29) is 12.0 Å². The zero-order valence-electron chi connectivity index (χ0n) is 11.5. The van der Waals surface area contributed by atoms with Gasteiger partial charge < -0.3 is 10.1 Å². The zero-order chi connectivity index (χ0) is 14.2. The van der Waals surface area contributed by atoms with Crippen molar-refractivity contribution in [2.45, 2.75) is 18.5 Å². The van der Waals surface area contributed by atoms with E-state index in [0.717, 1.165) is 12.8 Å². The van der Waals surface area contributed by atoms with Crippen LogP contribution in [0.3, 0.4) is 0 Å². The Morgan fingerprint density at radius 3 is 2.62 bits per heavy atom. The number of carbonyl (C=O) groups is 1. The number of aldehydes is 1. The van der Waals surface area contributed by atoms with Gasteiger partial charge in [0.2, 0.25) is 0 Å². The lowest BCUT2D eigenvalue weighted by Gasteiger charge is -2.30. The molecule has 3 aromatic rings. The van der Waals surface area contributed by atoms with Gasteiger partial charge in [0.25, 0.3) is 0 Å². The van der Waals surface area contributed by atoms with Crippen molar-refractivity contribution in [3.05, 3.63) is 70.6 Å². The number of hydrogen-bond acceptors (Lipinski definition) is 3. The predicted octanol–water partition coefficient (Wildman–Crippen LogP) is 3.70. The molecule has 2 heterocycles. The standard InChI is InChI=1S/C18H15NOS/c20-11-14-17(12-6-2-1-3-7-12)18-13-8-4-5-9-15(13)21-16(18)10-19-14/h1-9,11,14,17,19H,10H2. The van der Waals surface area contributed by atoms with Crippen LogP contribution in [0.2, 0.25) is 0 Å². The normalized spacial score (nSPS) is 21.1. The summed E-state index contributed by atoms with van der Waals surface area (Å²) in [5.74, 6) is 0.101. The van der Waals surface area contributed by atoms with Crippen LogP contribution in [-0.2, 0) is 11.3 Å². The Morgan fingerprint density at radius 2 is 1.81 bits per heavy atom. The highest BCUT2D eigenvalue weighted by Gasteiger charge is 2.33. The van der Waals surface area contributed by atoms with Gasteiger partial charge in [-0.15, -0.1) is 11.3 Å². The third kappa shape index (κ3) is 2.01. The predicted molar refractivity (Wildman–Crippen MR) is 86.8 cm³/mol. The van der Waals surface area contributed by atoms with Crippen molar-refractivity contribution in [3.63, 3.8) is 0 Å². The molecule has 0 amide bonds. The van der Waals surface area contributed by atoms with Gasteiger partial charge in [-0.1, -0.05) is 48.5 Å². The molecule has 0 spiro atoms. The van der Waals surface area contributed by atoms with Crippen molar-refractivity contribution in [1.82, 2.24) is 5.32 Å². The lowest BCUT2D eigenvalue weighted by atomic mass is 9.82. The van der Waals surface area contributed by atoms with Gasteiger partial charge in [-0.2, -0.15) is 0 Å². The van der Waals surface area contributed by atoms with Crippen LogP contribution >= 0.6 is 11.3 Å². The second kappa shape index (κ2) is 5.10. The van der Waals surface area contributed by atoms with Crippen molar-refractivity contribution in [2.24, 2.45) is 0 Å². The zero-order valence-corrected chi connectivity index (χ0v) is 12.3. The monoisotopic (exact) mass is 293 g/mol. The summed E-state index contributed by atoms with van der Waals surface area (Å²) in [5, 5.41) is 4.67. The van der Waals surface area contributed by atoms with Crippen molar-refractivity contribution >= 4 is 27.7 Å². The molecular formula is C18H15NOS. The van der Waals surface area contributed by atoms with Gasteiger partial charge in [-0.05, 0) is 22.6 Å². The van der Waals surface area contributed by atoms with Crippen LogP contribution < -0.4 is 5.32 Å². The van der Waals surface area contributed by atoms with E-state index < -0.39 is 0 Å². The fourth-order valence-electron chi connectivity index (χ4n) is 3.26. The van der Waals surface area contributed by atoms with Gasteiger partial charge in [-0.25, -0.2) is 0 Å². The van der Waals surface area contributed by atoms with E-state index in [9.17, 15) is 4.79 Å². The Balaban J connectivity index is 1.98. The van der Waals surface area contributed by atoms with E-state index in [1.165, 1.54) is 26.1 Å². The van der Waals surface area contributed by atoms with Crippen molar-refractivity contribution in [3.8, 4) is 0 Å². The first-order chi connectivity index (χ1) is 10.4. The molecule has 0 radical (unpaired) electrons. The molecule has 0 bridgehead atoms. The largest absolute Gasteiger partial charge is 0.302 e. The van der Waals surface area contributed by atoms with Gasteiger partial charge >= 0.3 is 0 Å². The van der Waals surface area contributed by atoms with Crippen LogP contribution in [0, 0.1) is 0 Å². The maximum Gasteiger partial charge on any atom is 0.137 e. The topological polar surface area (TPSA) is 29.1 Å². The van der Waals surface area contributed by atoms with E-state index >= 15 is 0 Å². The molecular weight excluding hydrogens is 278 g/mol. The second-order valence-electron chi connectivity index (χ2n) is 5.37. The highest BCUT2D eigenvalue weighted by atomic mass is 32.1. The Labute approximate surface area is 127 Å². The molecule has 3 heteroatoms. The average Bonchev–Trinajstić information content (AvgIpc) is 2.93. The summed E-state index contributed by atoms with van der Waals surface area (Å²) in [5.41, 5.74) is 2.53. The SMILES string of the molecule is O=CC1NCc2sc3ccccc3c2C1c1ccccc1. The summed E-state index contributed by atoms with van der Waals surface area (Å²) in [4.78, 5) is 12.9. The quantitative estimate of drug-likeness (QED) is 0.730. The maximum atomic E-state index is 11.6. The molecule has 2 aromatic carbocycles. The third-order valence-electron chi connectivity index (χ3n) is 4.18. The molecule has 1 aliphatic rings. The summed E-state index contributed by atoms with van der Waals surface area (Å²) >= 11 is 1.83. The Hall–Kier alpha value is -1.97. The van der Waals surface area contributed by atoms with Crippen molar-refractivity contribution in [1.29, 1.82) is 0 Å². The molecule has 2 nitrogen and oxygen atoms in total. The van der Waals surface area contributed by atoms with Gasteiger partial charge in [0, 0.05) is 22.0 Å². The van der Waals surface area contributed by atoms with Gasteiger partial charge in [0.05, 0.1) is 6.04 Å². The first-order valence-electron chi connectivity index (χ1n) is 7.12. The van der Waals surface area contributed by atoms with Gasteiger partial charge in [0.15, 0.2) is 0 Å². The molecule has 2 atom stereocenters. The molecule has 2 unspecified atom stereocenters. The van der Waals surface area contributed by atoms with Crippen molar-refractivity contribution < 1.29 is 4.79 Å². The lowest BCUT2D eigenvalue weighted by molar-refractivity contribution is -0.110. The molecule has 0 fully saturated rings. The highest BCUT2D eigenvalue weighted by Crippen LogP contribution is 2.42. The molecule has 1 aromatic heterocycles. The molecule has 1 aliphatic heterocycles. The van der Waals surface area contributed by atoms with E-state index in [4.69, 9.17) is 0 Å². The van der Waals surface area contributed by atoms with E-state index in [1.54, 1.807) is 0 Å². The fraction of sp³-hybridized carbons (Fsp3) is 0.167. The number of carbonyl (C=O) groups excluding carboxylic acids is 1. The van der Waals surface area contributed by atoms with Crippen LogP contribution in [0.1, 0.15) is 21.9 Å². The fourth-order valence-corrected chi connectivity index (χ4v) is 4.46. The summed E-state index contributed by atoms with van der Waals surface area (Å²) in [6, 6.07) is 18.7.